The lowest BCUT2D eigenvalue weighted by atomic mass is 9.92. The highest BCUT2D eigenvalue weighted by Gasteiger charge is 2.26. The summed E-state index contributed by atoms with van der Waals surface area (Å²) in [6.07, 6.45) is 4.03. The molecule has 3 N–H and O–H groups in total. The second-order valence-corrected chi connectivity index (χ2v) is 5.99. The van der Waals surface area contributed by atoms with Gasteiger partial charge in [-0.15, -0.1) is 0 Å². The Labute approximate surface area is 115 Å². The van der Waals surface area contributed by atoms with Gasteiger partial charge in [-0.05, 0) is 54.3 Å². The molecule has 0 bridgehead atoms. The van der Waals surface area contributed by atoms with Gasteiger partial charge in [-0.25, -0.2) is 0 Å². The molecule has 1 aliphatic heterocycles. The second kappa shape index (κ2) is 5.39. The summed E-state index contributed by atoms with van der Waals surface area (Å²) < 4.78 is 1.06. The normalized spacial score (nSPS) is 22.5. The molecule has 1 aliphatic rings. The monoisotopic (exact) mass is 347 g/mol. The predicted molar refractivity (Wildman–Crippen MR) is 75.8 cm³/mol. The number of aromatic nitrogens is 1. The average molecular weight is 347 g/mol. The molecule has 0 spiro atoms. The van der Waals surface area contributed by atoms with Gasteiger partial charge in [0.05, 0.1) is 0 Å². The van der Waals surface area contributed by atoms with Crippen molar-refractivity contribution in [2.24, 2.45) is 11.7 Å². The van der Waals surface area contributed by atoms with Gasteiger partial charge in [0.1, 0.15) is 5.69 Å². The van der Waals surface area contributed by atoms with Crippen LogP contribution in [0.2, 0.25) is 0 Å². The van der Waals surface area contributed by atoms with E-state index >= 15 is 0 Å². The Morgan fingerprint density at radius 1 is 1.71 bits per heavy atom. The van der Waals surface area contributed by atoms with Crippen molar-refractivity contribution in [3.8, 4) is 0 Å². The van der Waals surface area contributed by atoms with Gasteiger partial charge in [0, 0.05) is 28.9 Å². The van der Waals surface area contributed by atoms with E-state index in [4.69, 9.17) is 5.73 Å². The van der Waals surface area contributed by atoms with Crippen LogP contribution in [0.15, 0.2) is 12.3 Å². The van der Waals surface area contributed by atoms with E-state index in [1.54, 1.807) is 0 Å². The lowest BCUT2D eigenvalue weighted by Crippen LogP contribution is -2.45. The Bertz CT molecular complexity index is 402. The molecule has 2 atom stereocenters. The number of piperidine rings is 1. The first-order valence-corrected chi connectivity index (χ1v) is 7.04. The number of hydrogen-bond donors (Lipinski definition) is 2. The fourth-order valence-corrected chi connectivity index (χ4v) is 2.75. The number of rotatable bonds is 2. The quantitative estimate of drug-likeness (QED) is 0.802. The molecule has 5 heteroatoms. The number of aromatic amines is 1. The molecule has 2 heterocycles. The van der Waals surface area contributed by atoms with Crippen LogP contribution in [0.1, 0.15) is 30.3 Å². The van der Waals surface area contributed by atoms with E-state index < -0.39 is 0 Å². The van der Waals surface area contributed by atoms with Crippen molar-refractivity contribution in [1.82, 2.24) is 9.88 Å². The average Bonchev–Trinajstić information content (AvgIpc) is 2.75. The van der Waals surface area contributed by atoms with E-state index in [1.165, 1.54) is 0 Å². The van der Waals surface area contributed by atoms with E-state index in [0.717, 1.165) is 29.5 Å². The number of hydrogen-bond acceptors (Lipinski definition) is 2. The number of carbonyl (C=O) groups is 1. The summed E-state index contributed by atoms with van der Waals surface area (Å²) in [7, 11) is 0. The molecule has 0 aliphatic carbocycles. The lowest BCUT2D eigenvalue weighted by Gasteiger charge is -2.34. The van der Waals surface area contributed by atoms with Crippen molar-refractivity contribution in [1.29, 1.82) is 0 Å². The zero-order chi connectivity index (χ0) is 12.4. The molecule has 94 valence electrons. The largest absolute Gasteiger partial charge is 0.356 e. The molecule has 1 aromatic heterocycles. The molecular formula is C12H18IN3O. The summed E-state index contributed by atoms with van der Waals surface area (Å²) in [4.78, 5) is 17.2. The summed E-state index contributed by atoms with van der Waals surface area (Å²) in [5.41, 5.74) is 6.61. The number of nitrogens with zero attached hydrogens (tertiary/aromatic N) is 1. The van der Waals surface area contributed by atoms with E-state index in [2.05, 4.69) is 27.6 Å². The standard InChI is InChI=1S/C12H18IN3O/c1-8(14)9-3-2-4-16(7-9)12(17)11-5-10(13)6-15-11/h5-6,8-9,15H,2-4,7,14H2,1H3. The number of nitrogens with one attached hydrogen (secondary N) is 1. The lowest BCUT2D eigenvalue weighted by molar-refractivity contribution is 0.0655. The Morgan fingerprint density at radius 2 is 2.47 bits per heavy atom. The van der Waals surface area contributed by atoms with Crippen LogP contribution in [0.3, 0.4) is 0 Å². The molecule has 4 nitrogen and oxygen atoms in total. The second-order valence-electron chi connectivity index (χ2n) is 4.74. The third kappa shape index (κ3) is 3.01. The van der Waals surface area contributed by atoms with Gasteiger partial charge in [0.25, 0.3) is 5.91 Å². The van der Waals surface area contributed by atoms with Crippen LogP contribution < -0.4 is 5.73 Å². The van der Waals surface area contributed by atoms with Crippen molar-refractivity contribution in [2.75, 3.05) is 13.1 Å². The minimum absolute atomic E-state index is 0.0956. The first kappa shape index (κ1) is 12.9. The Hall–Kier alpha value is -0.560. The van der Waals surface area contributed by atoms with Crippen molar-refractivity contribution in [3.05, 3.63) is 21.5 Å². The minimum Gasteiger partial charge on any atom is -0.356 e. The SMILES string of the molecule is CC(N)C1CCCN(C(=O)c2cc(I)c[nH]2)C1. The molecule has 2 unspecified atom stereocenters. The zero-order valence-corrected chi connectivity index (χ0v) is 12.1. The molecule has 0 aromatic carbocycles. The molecule has 0 radical (unpaired) electrons. The summed E-state index contributed by atoms with van der Waals surface area (Å²) in [6.45, 7) is 3.65. The van der Waals surface area contributed by atoms with Gasteiger partial charge in [-0.2, -0.15) is 0 Å². The Kier molecular flexibility index (Phi) is 4.09. The summed E-state index contributed by atoms with van der Waals surface area (Å²) in [6, 6.07) is 2.05. The van der Waals surface area contributed by atoms with Crippen molar-refractivity contribution >= 4 is 28.5 Å². The fraction of sp³-hybridized carbons (Fsp3) is 0.583. The summed E-state index contributed by atoms with van der Waals surface area (Å²) >= 11 is 2.20. The van der Waals surface area contributed by atoms with E-state index in [9.17, 15) is 4.79 Å². The van der Waals surface area contributed by atoms with Crippen LogP contribution in [0.25, 0.3) is 0 Å². The molecule has 1 amide bonds. The van der Waals surface area contributed by atoms with E-state index in [0.29, 0.717) is 11.6 Å². The van der Waals surface area contributed by atoms with Crippen LogP contribution in [-0.2, 0) is 0 Å². The summed E-state index contributed by atoms with van der Waals surface area (Å²) in [5.74, 6) is 0.528. The Balaban J connectivity index is 2.04. The van der Waals surface area contributed by atoms with Gasteiger partial charge in [-0.3, -0.25) is 4.79 Å². The molecule has 0 saturated carbocycles. The number of halogens is 1. The molecule has 2 rings (SSSR count). The van der Waals surface area contributed by atoms with Crippen LogP contribution in [-0.4, -0.2) is 34.9 Å². The molecule has 1 aromatic rings. The minimum atomic E-state index is 0.0956. The van der Waals surface area contributed by atoms with Crippen molar-refractivity contribution in [2.45, 2.75) is 25.8 Å². The Morgan fingerprint density at radius 3 is 3.06 bits per heavy atom. The third-order valence-electron chi connectivity index (χ3n) is 3.37. The molecule has 1 saturated heterocycles. The van der Waals surface area contributed by atoms with Crippen LogP contribution in [0.4, 0.5) is 0 Å². The van der Waals surface area contributed by atoms with Gasteiger partial charge in [-0.1, -0.05) is 0 Å². The number of carbonyl (C=O) groups excluding carboxylic acids is 1. The molecular weight excluding hydrogens is 329 g/mol. The van der Waals surface area contributed by atoms with Gasteiger partial charge in [0.15, 0.2) is 0 Å². The fourth-order valence-electron chi connectivity index (χ4n) is 2.29. The topological polar surface area (TPSA) is 62.1 Å². The molecule has 1 fully saturated rings. The zero-order valence-electron chi connectivity index (χ0n) is 9.95. The van der Waals surface area contributed by atoms with Crippen LogP contribution in [0.5, 0.6) is 0 Å². The van der Waals surface area contributed by atoms with Gasteiger partial charge in [0.2, 0.25) is 0 Å². The number of H-pyrrole nitrogens is 1. The smallest absolute Gasteiger partial charge is 0.270 e. The third-order valence-corrected chi connectivity index (χ3v) is 3.99. The first-order valence-electron chi connectivity index (χ1n) is 5.96. The number of nitrogens with two attached hydrogens (primary N) is 1. The highest BCUT2D eigenvalue weighted by Crippen LogP contribution is 2.20. The number of amides is 1. The maximum Gasteiger partial charge on any atom is 0.270 e. The highest BCUT2D eigenvalue weighted by atomic mass is 127. The van der Waals surface area contributed by atoms with Crippen LogP contribution in [0, 0.1) is 9.49 Å². The summed E-state index contributed by atoms with van der Waals surface area (Å²) in [5, 5.41) is 0. The van der Waals surface area contributed by atoms with Crippen molar-refractivity contribution < 1.29 is 4.79 Å². The van der Waals surface area contributed by atoms with E-state index in [-0.39, 0.29) is 11.9 Å². The molecule has 17 heavy (non-hydrogen) atoms. The van der Waals surface area contributed by atoms with Crippen molar-refractivity contribution in [3.63, 3.8) is 0 Å². The number of likely N-dealkylation sites (tertiary alicyclic amines) is 1. The van der Waals surface area contributed by atoms with Crippen LogP contribution >= 0.6 is 22.6 Å². The maximum atomic E-state index is 12.2. The highest BCUT2D eigenvalue weighted by molar-refractivity contribution is 14.1. The maximum absolute atomic E-state index is 12.2. The predicted octanol–water partition coefficient (Wildman–Crippen LogP) is 1.82. The van der Waals surface area contributed by atoms with E-state index in [1.807, 2.05) is 24.1 Å². The van der Waals surface area contributed by atoms with Gasteiger partial charge >= 0.3 is 0 Å². The first-order chi connectivity index (χ1) is 8.08. The van der Waals surface area contributed by atoms with Gasteiger partial charge < -0.3 is 15.6 Å².